The maximum absolute atomic E-state index is 11.1. The van der Waals surface area contributed by atoms with Gasteiger partial charge in [-0.1, -0.05) is 23.4 Å². The topological polar surface area (TPSA) is 52.8 Å². The van der Waals surface area contributed by atoms with Crippen molar-refractivity contribution < 1.29 is 14.4 Å². The molecule has 0 saturated carbocycles. The smallest absolute Gasteiger partial charge is 0.331 e. The minimum atomic E-state index is -0.404. The number of carbonyl (C=O) groups excluding carboxylic acids is 1. The average molecular weight is 322 g/mol. The van der Waals surface area contributed by atoms with Crippen molar-refractivity contribution in [2.45, 2.75) is 26.3 Å². The van der Waals surface area contributed by atoms with Gasteiger partial charge in [0.25, 0.3) is 0 Å². The van der Waals surface area contributed by atoms with Gasteiger partial charge in [-0.3, -0.25) is 0 Å². The normalized spacial score (nSPS) is 18.3. The number of fused-ring (bicyclic) bond motifs is 3. The minimum absolute atomic E-state index is 0.225. The lowest BCUT2D eigenvalue weighted by Gasteiger charge is -2.24. The first-order chi connectivity index (χ1) is 11.6. The summed E-state index contributed by atoms with van der Waals surface area (Å²) in [4.78, 5) is 16.0. The predicted octanol–water partition coefficient (Wildman–Crippen LogP) is 4.04. The third kappa shape index (κ3) is 2.08. The summed E-state index contributed by atoms with van der Waals surface area (Å²) in [6.07, 6.45) is 0.717. The molecule has 0 amide bonds. The number of hydrogen-bond donors (Lipinski definition) is 0. The molecule has 0 saturated heterocycles. The number of aromatic nitrogens is 1. The molecular weight excluding hydrogens is 304 g/mol. The van der Waals surface area contributed by atoms with Crippen LogP contribution in [-0.4, -0.2) is 23.4 Å². The van der Waals surface area contributed by atoms with Crippen LogP contribution in [0, 0.1) is 0 Å². The molecule has 1 unspecified atom stereocenters. The van der Waals surface area contributed by atoms with Gasteiger partial charge in [-0.05, 0) is 25.1 Å². The number of oxime groups is 1. The fourth-order valence-corrected chi connectivity index (χ4v) is 3.59. The first-order valence-electron chi connectivity index (χ1n) is 7.95. The Balaban J connectivity index is 2.05. The lowest BCUT2D eigenvalue weighted by Crippen LogP contribution is -2.19. The fraction of sp³-hybridized carbons (Fsp3) is 0.263. The molecule has 1 aromatic heterocycles. The highest BCUT2D eigenvalue weighted by atomic mass is 16.7. The zero-order chi connectivity index (χ0) is 16.8. The van der Waals surface area contributed by atoms with Crippen molar-refractivity contribution in [2.24, 2.45) is 5.16 Å². The Morgan fingerprint density at radius 3 is 2.83 bits per heavy atom. The Hall–Kier alpha value is -2.82. The molecule has 5 nitrogen and oxygen atoms in total. The Morgan fingerprint density at radius 2 is 2.08 bits per heavy atom. The van der Waals surface area contributed by atoms with E-state index in [1.165, 1.54) is 12.4 Å². The van der Waals surface area contributed by atoms with Gasteiger partial charge in [0.1, 0.15) is 5.75 Å². The highest BCUT2D eigenvalue weighted by molar-refractivity contribution is 6.19. The Morgan fingerprint density at radius 1 is 1.25 bits per heavy atom. The van der Waals surface area contributed by atoms with Crippen molar-refractivity contribution in [3.8, 4) is 5.75 Å². The molecule has 1 aliphatic rings. The molecular formula is C19H18N2O3. The van der Waals surface area contributed by atoms with Crippen LogP contribution in [0.3, 0.4) is 0 Å². The fourth-order valence-electron chi connectivity index (χ4n) is 3.59. The number of benzene rings is 2. The number of hydrogen-bond acceptors (Lipinski definition) is 4. The lowest BCUT2D eigenvalue weighted by molar-refractivity contribution is -0.140. The molecule has 5 heteroatoms. The number of ether oxygens (including phenoxy) is 1. The zero-order valence-electron chi connectivity index (χ0n) is 13.9. The van der Waals surface area contributed by atoms with Crippen molar-refractivity contribution in [3.63, 3.8) is 0 Å². The van der Waals surface area contributed by atoms with Gasteiger partial charge in [0.05, 0.1) is 18.3 Å². The molecule has 0 N–H and O–H groups in total. The van der Waals surface area contributed by atoms with E-state index in [0.29, 0.717) is 0 Å². The first-order valence-corrected chi connectivity index (χ1v) is 7.95. The van der Waals surface area contributed by atoms with Crippen molar-refractivity contribution in [1.82, 2.24) is 4.57 Å². The van der Waals surface area contributed by atoms with Gasteiger partial charge in [0.15, 0.2) is 0 Å². The second-order valence-corrected chi connectivity index (χ2v) is 6.13. The summed E-state index contributed by atoms with van der Waals surface area (Å²) in [6.45, 7) is 3.52. The summed E-state index contributed by atoms with van der Waals surface area (Å²) in [5.41, 5.74) is 4.13. The van der Waals surface area contributed by atoms with E-state index in [1.54, 1.807) is 7.11 Å². The van der Waals surface area contributed by atoms with Crippen molar-refractivity contribution in [2.75, 3.05) is 7.11 Å². The number of rotatable bonds is 2. The standard InChI is InChI=1S/C19H18N2O3/c1-11-9-17(20-24-12(2)22)15-6-4-5-14-16-10-13(23-3)7-8-18(16)21(11)19(14)15/h4-8,10-11H,9H2,1-3H3/b20-17+. The average Bonchev–Trinajstić information content (AvgIpc) is 2.92. The zero-order valence-corrected chi connectivity index (χ0v) is 13.9. The first kappa shape index (κ1) is 14.8. The van der Waals surface area contributed by atoms with E-state index in [0.717, 1.165) is 39.7 Å². The monoisotopic (exact) mass is 322 g/mol. The van der Waals surface area contributed by atoms with Gasteiger partial charge >= 0.3 is 5.97 Å². The summed E-state index contributed by atoms with van der Waals surface area (Å²) >= 11 is 0. The van der Waals surface area contributed by atoms with Crippen LogP contribution >= 0.6 is 0 Å². The van der Waals surface area contributed by atoms with Crippen molar-refractivity contribution in [1.29, 1.82) is 0 Å². The summed E-state index contributed by atoms with van der Waals surface area (Å²) in [5, 5.41) is 6.41. The molecule has 2 heterocycles. The molecule has 0 fully saturated rings. The van der Waals surface area contributed by atoms with E-state index < -0.39 is 5.97 Å². The Bertz CT molecular complexity index is 1000. The summed E-state index contributed by atoms with van der Waals surface area (Å²) < 4.78 is 7.72. The maximum atomic E-state index is 11.1. The molecule has 3 aromatic rings. The molecule has 122 valence electrons. The molecule has 0 radical (unpaired) electrons. The molecule has 0 spiro atoms. The minimum Gasteiger partial charge on any atom is -0.497 e. The van der Waals surface area contributed by atoms with E-state index in [4.69, 9.17) is 9.57 Å². The number of nitrogens with zero attached hydrogens (tertiary/aromatic N) is 2. The van der Waals surface area contributed by atoms with E-state index in [-0.39, 0.29) is 6.04 Å². The van der Waals surface area contributed by atoms with Gasteiger partial charge in [0.2, 0.25) is 0 Å². The van der Waals surface area contributed by atoms with Crippen molar-refractivity contribution in [3.05, 3.63) is 42.0 Å². The van der Waals surface area contributed by atoms with Crippen LogP contribution < -0.4 is 4.74 Å². The van der Waals surface area contributed by atoms with Gasteiger partial charge in [0, 0.05) is 41.2 Å². The van der Waals surface area contributed by atoms with Crippen LogP contribution in [0.25, 0.3) is 21.8 Å². The van der Waals surface area contributed by atoms with Crippen LogP contribution in [0.1, 0.15) is 31.9 Å². The van der Waals surface area contributed by atoms with Gasteiger partial charge < -0.3 is 14.1 Å². The maximum Gasteiger partial charge on any atom is 0.331 e. The molecule has 1 aliphatic heterocycles. The number of carbonyl (C=O) groups is 1. The van der Waals surface area contributed by atoms with E-state index >= 15 is 0 Å². The third-order valence-corrected chi connectivity index (χ3v) is 4.56. The Labute approximate surface area is 139 Å². The molecule has 0 aliphatic carbocycles. The SMILES string of the molecule is COc1ccc2c(c1)c1cccc3c1n2C(C)C/C3=N\OC(C)=O. The predicted molar refractivity (Wildman–Crippen MR) is 93.6 cm³/mol. The van der Waals surface area contributed by atoms with E-state index in [2.05, 4.69) is 34.8 Å². The van der Waals surface area contributed by atoms with Crippen LogP contribution in [-0.2, 0) is 9.63 Å². The number of methoxy groups -OCH3 is 1. The van der Waals surface area contributed by atoms with E-state index in [9.17, 15) is 4.79 Å². The number of para-hydroxylation sites is 1. The molecule has 0 bridgehead atoms. The molecule has 4 rings (SSSR count). The molecule has 24 heavy (non-hydrogen) atoms. The summed E-state index contributed by atoms with van der Waals surface area (Å²) in [5.74, 6) is 0.436. The summed E-state index contributed by atoms with van der Waals surface area (Å²) in [7, 11) is 1.68. The van der Waals surface area contributed by atoms with Crippen LogP contribution in [0.2, 0.25) is 0 Å². The van der Waals surface area contributed by atoms with Crippen LogP contribution in [0.4, 0.5) is 0 Å². The van der Waals surface area contributed by atoms with Crippen LogP contribution in [0.15, 0.2) is 41.6 Å². The van der Waals surface area contributed by atoms with Gasteiger partial charge in [-0.15, -0.1) is 0 Å². The molecule has 2 aromatic carbocycles. The van der Waals surface area contributed by atoms with Crippen molar-refractivity contribution >= 4 is 33.5 Å². The van der Waals surface area contributed by atoms with Gasteiger partial charge in [-0.2, -0.15) is 0 Å². The Kier molecular flexibility index (Phi) is 3.30. The quantitative estimate of drug-likeness (QED) is 0.528. The second kappa shape index (κ2) is 5.37. The molecule has 1 atom stereocenters. The van der Waals surface area contributed by atoms with E-state index in [1.807, 2.05) is 18.2 Å². The lowest BCUT2D eigenvalue weighted by atomic mass is 9.97. The van der Waals surface area contributed by atoms with Crippen LogP contribution in [0.5, 0.6) is 5.75 Å². The third-order valence-electron chi connectivity index (χ3n) is 4.56. The summed E-state index contributed by atoms with van der Waals surface area (Å²) in [6, 6.07) is 12.5. The second-order valence-electron chi connectivity index (χ2n) is 6.13. The largest absolute Gasteiger partial charge is 0.497 e. The highest BCUT2D eigenvalue weighted by Crippen LogP contribution is 2.40. The van der Waals surface area contributed by atoms with Gasteiger partial charge in [-0.25, -0.2) is 4.79 Å². The highest BCUT2D eigenvalue weighted by Gasteiger charge is 2.26.